The van der Waals surface area contributed by atoms with Crippen molar-refractivity contribution in [3.8, 4) is 0 Å². The van der Waals surface area contributed by atoms with Crippen molar-refractivity contribution in [1.82, 2.24) is 0 Å². The summed E-state index contributed by atoms with van der Waals surface area (Å²) in [5.74, 6) is 0. The third kappa shape index (κ3) is 1.20. The molecule has 10 heavy (non-hydrogen) atoms. The highest BCUT2D eigenvalue weighted by Gasteiger charge is 2.43. The lowest BCUT2D eigenvalue weighted by Crippen LogP contribution is -2.12. The van der Waals surface area contributed by atoms with Crippen LogP contribution in [0.25, 0.3) is 0 Å². The Hall–Kier alpha value is -0.0400. The molecule has 1 aliphatic heterocycles. The Bertz CT molecular complexity index is 140. The lowest BCUT2D eigenvalue weighted by Gasteiger charge is -2.21. The van der Waals surface area contributed by atoms with Crippen LogP contribution in [0.1, 0.15) is 39.5 Å². The SMILES string of the molecule is CC1(C)CCCC2OC2C1. The van der Waals surface area contributed by atoms with E-state index in [-0.39, 0.29) is 0 Å². The minimum absolute atomic E-state index is 0.552. The molecule has 0 radical (unpaired) electrons. The molecule has 2 rings (SSSR count). The smallest absolute Gasteiger partial charge is 0.0847 e. The van der Waals surface area contributed by atoms with E-state index >= 15 is 0 Å². The second-order valence-electron chi connectivity index (χ2n) is 4.47. The molecule has 1 heteroatoms. The van der Waals surface area contributed by atoms with Gasteiger partial charge in [-0.1, -0.05) is 20.3 Å². The molecule has 1 aliphatic carbocycles. The van der Waals surface area contributed by atoms with Crippen molar-refractivity contribution in [2.45, 2.75) is 51.7 Å². The van der Waals surface area contributed by atoms with Crippen molar-refractivity contribution in [2.24, 2.45) is 5.41 Å². The Morgan fingerprint density at radius 1 is 1.30 bits per heavy atom. The zero-order valence-electron chi connectivity index (χ0n) is 6.89. The summed E-state index contributed by atoms with van der Waals surface area (Å²) in [6.45, 7) is 4.72. The maximum absolute atomic E-state index is 5.49. The third-order valence-electron chi connectivity index (χ3n) is 2.78. The van der Waals surface area contributed by atoms with Crippen molar-refractivity contribution >= 4 is 0 Å². The van der Waals surface area contributed by atoms with Crippen LogP contribution >= 0.6 is 0 Å². The van der Waals surface area contributed by atoms with E-state index < -0.39 is 0 Å². The Labute approximate surface area is 62.8 Å². The molecule has 1 nitrogen and oxygen atoms in total. The van der Waals surface area contributed by atoms with Crippen molar-refractivity contribution < 1.29 is 4.74 Å². The van der Waals surface area contributed by atoms with Crippen molar-refractivity contribution in [2.75, 3.05) is 0 Å². The molecule has 0 aromatic carbocycles. The van der Waals surface area contributed by atoms with Crippen LogP contribution in [0.3, 0.4) is 0 Å². The summed E-state index contributed by atoms with van der Waals surface area (Å²) in [4.78, 5) is 0. The van der Waals surface area contributed by atoms with Gasteiger partial charge in [0.1, 0.15) is 0 Å². The quantitative estimate of drug-likeness (QED) is 0.470. The summed E-state index contributed by atoms with van der Waals surface area (Å²) in [6, 6.07) is 0. The van der Waals surface area contributed by atoms with Crippen LogP contribution in [0.4, 0.5) is 0 Å². The number of rotatable bonds is 0. The molecule has 2 fully saturated rings. The molecule has 0 bridgehead atoms. The van der Waals surface area contributed by atoms with Gasteiger partial charge < -0.3 is 4.74 Å². The van der Waals surface area contributed by atoms with Gasteiger partial charge in [-0.05, 0) is 24.7 Å². The van der Waals surface area contributed by atoms with E-state index in [4.69, 9.17) is 4.74 Å². The first kappa shape index (κ1) is 6.66. The average molecular weight is 140 g/mol. The average Bonchev–Trinajstić information content (AvgIpc) is 2.42. The molecule has 58 valence electrons. The molecule has 0 spiro atoms. The van der Waals surface area contributed by atoms with Gasteiger partial charge in [0.15, 0.2) is 0 Å². The van der Waals surface area contributed by atoms with Gasteiger partial charge in [-0.3, -0.25) is 0 Å². The van der Waals surface area contributed by atoms with E-state index in [1.54, 1.807) is 0 Å². The maximum Gasteiger partial charge on any atom is 0.0847 e. The monoisotopic (exact) mass is 140 g/mol. The fraction of sp³-hybridized carbons (Fsp3) is 1.00. The first-order chi connectivity index (χ1) is 4.67. The van der Waals surface area contributed by atoms with Crippen LogP contribution in [0.15, 0.2) is 0 Å². The normalized spacial score (nSPS) is 43.8. The van der Waals surface area contributed by atoms with E-state index in [1.807, 2.05) is 0 Å². The lowest BCUT2D eigenvalue weighted by molar-refractivity contribution is 0.236. The summed E-state index contributed by atoms with van der Waals surface area (Å²) in [5.41, 5.74) is 0.552. The Kier molecular flexibility index (Phi) is 1.31. The highest BCUT2D eigenvalue weighted by molar-refractivity contribution is 4.92. The molecule has 1 heterocycles. The molecule has 1 saturated carbocycles. The second-order valence-corrected chi connectivity index (χ2v) is 4.47. The Balaban J connectivity index is 2.00. The highest BCUT2D eigenvalue weighted by Crippen LogP contribution is 2.43. The van der Waals surface area contributed by atoms with E-state index in [0.29, 0.717) is 17.6 Å². The summed E-state index contributed by atoms with van der Waals surface area (Å²) in [6.07, 6.45) is 6.66. The molecule has 0 amide bonds. The van der Waals surface area contributed by atoms with Crippen molar-refractivity contribution in [3.05, 3.63) is 0 Å². The second kappa shape index (κ2) is 1.97. The molecule has 2 atom stereocenters. The topological polar surface area (TPSA) is 12.5 Å². The largest absolute Gasteiger partial charge is 0.370 e. The van der Waals surface area contributed by atoms with Crippen molar-refractivity contribution in [3.63, 3.8) is 0 Å². The van der Waals surface area contributed by atoms with Crippen LogP contribution in [0, 0.1) is 5.41 Å². The summed E-state index contributed by atoms with van der Waals surface area (Å²) in [7, 11) is 0. The third-order valence-corrected chi connectivity index (χ3v) is 2.78. The van der Waals surface area contributed by atoms with Gasteiger partial charge in [0.2, 0.25) is 0 Å². The highest BCUT2D eigenvalue weighted by atomic mass is 16.6. The van der Waals surface area contributed by atoms with Crippen LogP contribution < -0.4 is 0 Å². The molecular weight excluding hydrogens is 124 g/mol. The number of fused-ring (bicyclic) bond motifs is 1. The van der Waals surface area contributed by atoms with Gasteiger partial charge in [0.05, 0.1) is 12.2 Å². The molecule has 2 aliphatic rings. The van der Waals surface area contributed by atoms with Gasteiger partial charge in [-0.25, -0.2) is 0 Å². The first-order valence-corrected chi connectivity index (χ1v) is 4.33. The molecule has 0 N–H and O–H groups in total. The minimum atomic E-state index is 0.552. The number of ether oxygens (including phenoxy) is 1. The lowest BCUT2D eigenvalue weighted by atomic mass is 9.85. The molecule has 0 aromatic rings. The zero-order valence-corrected chi connectivity index (χ0v) is 6.89. The predicted octanol–water partition coefficient (Wildman–Crippen LogP) is 2.35. The number of epoxide rings is 1. The van der Waals surface area contributed by atoms with Gasteiger partial charge in [0, 0.05) is 0 Å². The van der Waals surface area contributed by atoms with Gasteiger partial charge >= 0.3 is 0 Å². The van der Waals surface area contributed by atoms with E-state index in [1.165, 1.54) is 25.7 Å². The zero-order chi connectivity index (χ0) is 7.19. The van der Waals surface area contributed by atoms with Crippen LogP contribution in [0.2, 0.25) is 0 Å². The standard InChI is InChI=1S/C9H16O/c1-9(2)5-3-4-7-8(6-9)10-7/h7-8H,3-6H2,1-2H3. The van der Waals surface area contributed by atoms with Gasteiger partial charge in [0.25, 0.3) is 0 Å². The van der Waals surface area contributed by atoms with Gasteiger partial charge in [-0.15, -0.1) is 0 Å². The van der Waals surface area contributed by atoms with Gasteiger partial charge in [-0.2, -0.15) is 0 Å². The van der Waals surface area contributed by atoms with Crippen molar-refractivity contribution in [1.29, 1.82) is 0 Å². The summed E-state index contributed by atoms with van der Waals surface area (Å²) < 4.78 is 5.49. The van der Waals surface area contributed by atoms with Crippen LogP contribution in [0.5, 0.6) is 0 Å². The number of hydrogen-bond acceptors (Lipinski definition) is 1. The molecular formula is C9H16O. The van der Waals surface area contributed by atoms with Crippen LogP contribution in [-0.2, 0) is 4.74 Å². The van der Waals surface area contributed by atoms with E-state index in [2.05, 4.69) is 13.8 Å². The van der Waals surface area contributed by atoms with Crippen LogP contribution in [-0.4, -0.2) is 12.2 Å². The maximum atomic E-state index is 5.49. The Morgan fingerprint density at radius 2 is 2.10 bits per heavy atom. The summed E-state index contributed by atoms with van der Waals surface area (Å²) in [5, 5.41) is 0. The summed E-state index contributed by atoms with van der Waals surface area (Å²) >= 11 is 0. The predicted molar refractivity (Wildman–Crippen MR) is 40.9 cm³/mol. The minimum Gasteiger partial charge on any atom is -0.370 e. The van der Waals surface area contributed by atoms with E-state index in [0.717, 1.165) is 0 Å². The fourth-order valence-corrected chi connectivity index (χ4v) is 2.04. The fourth-order valence-electron chi connectivity index (χ4n) is 2.04. The molecule has 2 unspecified atom stereocenters. The Morgan fingerprint density at radius 3 is 2.90 bits per heavy atom. The first-order valence-electron chi connectivity index (χ1n) is 4.33. The van der Waals surface area contributed by atoms with E-state index in [9.17, 15) is 0 Å². The number of hydrogen-bond donors (Lipinski definition) is 0. The molecule has 0 aromatic heterocycles. The molecule has 1 saturated heterocycles.